The average Bonchev–Trinajstić information content (AvgIpc) is 3.57. The molecule has 7 rings (SSSR count). The van der Waals surface area contributed by atoms with E-state index in [4.69, 9.17) is 19.4 Å². The number of nitrogens with one attached hydrogen (secondary N) is 2. The summed E-state index contributed by atoms with van der Waals surface area (Å²) in [6, 6.07) is 16.3. The van der Waals surface area contributed by atoms with E-state index in [1.165, 1.54) is 0 Å². The maximum Gasteiger partial charge on any atom is 0.490 e. The van der Waals surface area contributed by atoms with Gasteiger partial charge < -0.3 is 24.8 Å². The fourth-order valence-electron chi connectivity index (χ4n) is 5.75. The van der Waals surface area contributed by atoms with Crippen LogP contribution in [0.3, 0.4) is 0 Å². The molecule has 2 aliphatic heterocycles. The molecule has 1 aliphatic carbocycles. The number of ether oxygens (including phenoxy) is 2. The van der Waals surface area contributed by atoms with Crippen molar-refractivity contribution in [3.8, 4) is 5.75 Å². The van der Waals surface area contributed by atoms with Gasteiger partial charge in [0.1, 0.15) is 11.6 Å². The first-order valence-electron chi connectivity index (χ1n) is 13.8. The molecule has 0 unspecified atom stereocenters. The largest absolute Gasteiger partial charge is 0.497 e. The highest BCUT2D eigenvalue weighted by molar-refractivity contribution is 6.10. The number of hydrogen-bond acceptors (Lipinski definition) is 7. The van der Waals surface area contributed by atoms with Crippen LogP contribution >= 0.6 is 0 Å². The second-order valence-electron chi connectivity index (χ2n) is 10.7. The number of halogens is 3. The third kappa shape index (κ3) is 5.46. The molecule has 2 atom stereocenters. The minimum atomic E-state index is -5.08. The number of aromatic amines is 1. The van der Waals surface area contributed by atoms with Crippen LogP contribution in [-0.2, 0) is 19.7 Å². The molecule has 1 saturated carbocycles. The molecule has 228 valence electrons. The van der Waals surface area contributed by atoms with Crippen molar-refractivity contribution >= 4 is 46.4 Å². The quantitative estimate of drug-likeness (QED) is 0.290. The van der Waals surface area contributed by atoms with Crippen molar-refractivity contribution in [3.63, 3.8) is 0 Å². The number of rotatable bonds is 5. The highest BCUT2D eigenvalue weighted by atomic mass is 19.4. The van der Waals surface area contributed by atoms with Crippen molar-refractivity contribution in [2.45, 2.75) is 23.9 Å². The number of methoxy groups -OCH3 is 1. The molecular weight excluding hydrogens is 579 g/mol. The number of hydrogen-bond donors (Lipinski definition) is 3. The predicted molar refractivity (Wildman–Crippen MR) is 157 cm³/mol. The van der Waals surface area contributed by atoms with Crippen LogP contribution in [0.15, 0.2) is 54.7 Å². The van der Waals surface area contributed by atoms with E-state index in [0.29, 0.717) is 0 Å². The molecule has 2 aromatic heterocycles. The van der Waals surface area contributed by atoms with Crippen molar-refractivity contribution in [2.24, 2.45) is 0 Å². The SMILES string of the molecule is COc1ccc2c(c1)[C@]1(C[C@H]1c1ccc3c(C=Cc4ccc(N5CCOCC5)nc4)n[nH]c3c1)C(=O)N2.O=C(O)C(F)(F)F. The number of carbonyl (C=O) groups excluding carboxylic acids is 1. The topological polar surface area (TPSA) is 130 Å². The van der Waals surface area contributed by atoms with Gasteiger partial charge in [-0.2, -0.15) is 18.3 Å². The van der Waals surface area contributed by atoms with Gasteiger partial charge in [0.05, 0.1) is 36.9 Å². The molecule has 1 spiro atoms. The lowest BCUT2D eigenvalue weighted by Gasteiger charge is -2.27. The fourth-order valence-corrected chi connectivity index (χ4v) is 5.75. The number of anilines is 2. The first-order chi connectivity index (χ1) is 21.1. The Morgan fingerprint density at radius 2 is 1.91 bits per heavy atom. The standard InChI is InChI=1S/C29H27N5O3.C2HF3O2/c1-36-20-5-8-25-22(15-20)29(28(35)31-25)16-23(29)19-4-6-21-24(32-33-26(21)14-19)7-2-18-3-9-27(30-17-18)34-10-12-37-13-11-34;3-2(4,5)1(6)7/h2-9,14-15,17,23H,10-13,16H2,1H3,(H,31,35)(H,32,33);(H,6,7)/t23-,29-;/m0./s1. The summed E-state index contributed by atoms with van der Waals surface area (Å²) in [5, 5.41) is 18.9. The van der Waals surface area contributed by atoms with Gasteiger partial charge in [-0.05, 0) is 65.6 Å². The highest BCUT2D eigenvalue weighted by Crippen LogP contribution is 2.65. The number of aromatic nitrogens is 3. The lowest BCUT2D eigenvalue weighted by molar-refractivity contribution is -0.192. The number of amides is 1. The number of carbonyl (C=O) groups is 2. The number of morpholine rings is 1. The summed E-state index contributed by atoms with van der Waals surface area (Å²) in [6.07, 6.45) is 1.64. The summed E-state index contributed by atoms with van der Waals surface area (Å²) in [6.45, 7) is 3.23. The van der Waals surface area contributed by atoms with Gasteiger partial charge in [0, 0.05) is 36.3 Å². The van der Waals surface area contributed by atoms with Crippen LogP contribution in [0.5, 0.6) is 5.75 Å². The van der Waals surface area contributed by atoms with Crippen molar-refractivity contribution in [1.29, 1.82) is 0 Å². The van der Waals surface area contributed by atoms with E-state index in [0.717, 1.165) is 83.3 Å². The smallest absolute Gasteiger partial charge is 0.490 e. The molecule has 2 aromatic carbocycles. The summed E-state index contributed by atoms with van der Waals surface area (Å²) < 4.78 is 42.6. The Morgan fingerprint density at radius 1 is 1.14 bits per heavy atom. The summed E-state index contributed by atoms with van der Waals surface area (Å²) in [5.41, 5.74) is 5.40. The first-order valence-corrected chi connectivity index (χ1v) is 13.8. The number of alkyl halides is 3. The van der Waals surface area contributed by atoms with Gasteiger partial charge in [0.15, 0.2) is 0 Å². The Morgan fingerprint density at radius 3 is 2.59 bits per heavy atom. The number of nitrogens with zero attached hydrogens (tertiary/aromatic N) is 3. The summed E-state index contributed by atoms with van der Waals surface area (Å²) in [5.74, 6) is -0.807. The van der Waals surface area contributed by atoms with Gasteiger partial charge in [0.2, 0.25) is 5.91 Å². The molecule has 13 heteroatoms. The minimum absolute atomic E-state index is 0.0716. The number of aliphatic carboxylic acids is 1. The molecule has 2 fully saturated rings. The van der Waals surface area contributed by atoms with E-state index in [1.807, 2.05) is 36.5 Å². The summed E-state index contributed by atoms with van der Waals surface area (Å²) >= 11 is 0. The Balaban J connectivity index is 0.000000441. The van der Waals surface area contributed by atoms with Gasteiger partial charge in [-0.3, -0.25) is 9.89 Å². The van der Waals surface area contributed by atoms with Crippen molar-refractivity contribution in [2.75, 3.05) is 43.6 Å². The molecule has 0 bridgehead atoms. The Labute approximate surface area is 249 Å². The van der Waals surface area contributed by atoms with Crippen LogP contribution in [0, 0.1) is 0 Å². The number of pyridine rings is 1. The second-order valence-corrected chi connectivity index (χ2v) is 10.7. The molecule has 4 heterocycles. The van der Waals surface area contributed by atoms with Gasteiger partial charge in [-0.1, -0.05) is 18.2 Å². The van der Waals surface area contributed by atoms with Crippen LogP contribution in [0.2, 0.25) is 0 Å². The van der Waals surface area contributed by atoms with Crippen LogP contribution in [-0.4, -0.2) is 71.8 Å². The monoisotopic (exact) mass is 607 g/mol. The number of benzene rings is 2. The Kier molecular flexibility index (Phi) is 7.49. The minimum Gasteiger partial charge on any atom is -0.497 e. The maximum absolute atomic E-state index is 13.0. The molecule has 10 nitrogen and oxygen atoms in total. The number of fused-ring (bicyclic) bond motifs is 3. The van der Waals surface area contributed by atoms with E-state index in [2.05, 4.69) is 55.7 Å². The molecule has 44 heavy (non-hydrogen) atoms. The van der Waals surface area contributed by atoms with Gasteiger partial charge >= 0.3 is 12.1 Å². The van der Waals surface area contributed by atoms with Crippen molar-refractivity contribution in [1.82, 2.24) is 15.2 Å². The van der Waals surface area contributed by atoms with E-state index >= 15 is 0 Å². The molecule has 1 amide bonds. The Bertz CT molecular complexity index is 1750. The normalized spacial score (nSPS) is 20.8. The zero-order chi connectivity index (χ0) is 31.1. The second kappa shape index (κ2) is 11.3. The maximum atomic E-state index is 13.0. The Hall–Kier alpha value is -4.91. The predicted octanol–water partition coefficient (Wildman–Crippen LogP) is 4.98. The van der Waals surface area contributed by atoms with Crippen molar-refractivity contribution < 1.29 is 37.3 Å². The van der Waals surface area contributed by atoms with Crippen molar-refractivity contribution in [3.05, 3.63) is 77.1 Å². The summed E-state index contributed by atoms with van der Waals surface area (Å²) in [7, 11) is 1.65. The zero-order valence-electron chi connectivity index (χ0n) is 23.5. The highest BCUT2D eigenvalue weighted by Gasteiger charge is 2.65. The van der Waals surface area contributed by atoms with Gasteiger partial charge in [-0.25, -0.2) is 9.78 Å². The van der Waals surface area contributed by atoms with E-state index in [9.17, 15) is 18.0 Å². The summed E-state index contributed by atoms with van der Waals surface area (Å²) in [4.78, 5) is 28.8. The molecular formula is C31H28F3N5O5. The van der Waals surface area contributed by atoms with Crippen LogP contribution < -0.4 is 15.0 Å². The number of carboxylic acids is 1. The molecule has 3 N–H and O–H groups in total. The number of H-pyrrole nitrogens is 1. The first kappa shape index (κ1) is 29.2. The molecule has 3 aliphatic rings. The van der Waals surface area contributed by atoms with Crippen LogP contribution in [0.25, 0.3) is 23.1 Å². The van der Waals surface area contributed by atoms with E-state index in [-0.39, 0.29) is 11.8 Å². The van der Waals surface area contributed by atoms with E-state index in [1.54, 1.807) is 7.11 Å². The lowest BCUT2D eigenvalue weighted by atomic mass is 9.91. The molecule has 1 saturated heterocycles. The van der Waals surface area contributed by atoms with Gasteiger partial charge in [0.25, 0.3) is 0 Å². The average molecular weight is 608 g/mol. The van der Waals surface area contributed by atoms with E-state index < -0.39 is 17.6 Å². The number of carboxylic acid groups (broad SMARTS) is 1. The lowest BCUT2D eigenvalue weighted by Crippen LogP contribution is -2.36. The third-order valence-corrected chi connectivity index (χ3v) is 8.12. The zero-order valence-corrected chi connectivity index (χ0v) is 23.5. The van der Waals surface area contributed by atoms with Crippen LogP contribution in [0.1, 0.15) is 34.7 Å². The third-order valence-electron chi connectivity index (χ3n) is 8.12. The fraction of sp³-hybridized carbons (Fsp3) is 0.290. The molecule has 0 radical (unpaired) electrons. The molecule has 4 aromatic rings. The van der Waals surface area contributed by atoms with Crippen LogP contribution in [0.4, 0.5) is 24.7 Å². The van der Waals surface area contributed by atoms with Gasteiger partial charge in [-0.15, -0.1) is 0 Å².